The van der Waals surface area contributed by atoms with Gasteiger partial charge >= 0.3 is 0 Å². The first-order valence-corrected chi connectivity index (χ1v) is 7.31. The number of hydrogen-bond donors (Lipinski definition) is 1. The van der Waals surface area contributed by atoms with Gasteiger partial charge in [-0.1, -0.05) is 55.8 Å². The summed E-state index contributed by atoms with van der Waals surface area (Å²) in [6, 6.07) is 16.9. The summed E-state index contributed by atoms with van der Waals surface area (Å²) in [5.41, 5.74) is 4.98. The summed E-state index contributed by atoms with van der Waals surface area (Å²) in [6.07, 6.45) is 1.76. The lowest BCUT2D eigenvalue weighted by Gasteiger charge is -2.08. The van der Waals surface area contributed by atoms with Gasteiger partial charge in [-0.2, -0.15) is 5.10 Å². The van der Waals surface area contributed by atoms with Crippen LogP contribution in [0, 0.1) is 0 Å². The normalized spacial score (nSPS) is 11.1. The predicted molar refractivity (Wildman–Crippen MR) is 88.3 cm³/mol. The number of nitrogens with one attached hydrogen (secondary N) is 1. The van der Waals surface area contributed by atoms with Gasteiger partial charge in [0.05, 0.1) is 18.4 Å². The number of methoxy groups -OCH3 is 1. The van der Waals surface area contributed by atoms with Gasteiger partial charge in [-0.15, -0.1) is 0 Å². The largest absolute Gasteiger partial charge is 0.496 e. The molecular formula is C18H20N2O2. The highest BCUT2D eigenvalue weighted by molar-refractivity contribution is 6.02. The Hall–Kier alpha value is -2.62. The second-order valence-corrected chi connectivity index (χ2v) is 4.82. The minimum atomic E-state index is -0.276. The molecule has 0 radical (unpaired) electrons. The molecule has 0 fully saturated rings. The first kappa shape index (κ1) is 15.8. The van der Waals surface area contributed by atoms with Gasteiger partial charge in [0.1, 0.15) is 5.75 Å². The van der Waals surface area contributed by atoms with E-state index in [2.05, 4.69) is 17.5 Å². The highest BCUT2D eigenvalue weighted by atomic mass is 16.5. The molecular weight excluding hydrogens is 276 g/mol. The first-order chi connectivity index (χ1) is 10.8. The van der Waals surface area contributed by atoms with E-state index in [-0.39, 0.29) is 5.91 Å². The first-order valence-electron chi connectivity index (χ1n) is 7.31. The Balaban J connectivity index is 2.19. The van der Waals surface area contributed by atoms with Crippen molar-refractivity contribution in [2.24, 2.45) is 5.10 Å². The van der Waals surface area contributed by atoms with Gasteiger partial charge in [-0.05, 0) is 24.1 Å². The van der Waals surface area contributed by atoms with Crippen LogP contribution in [0.5, 0.6) is 5.75 Å². The number of nitrogens with zero attached hydrogens (tertiary/aromatic N) is 1. The summed E-state index contributed by atoms with van der Waals surface area (Å²) < 4.78 is 5.20. The minimum absolute atomic E-state index is 0.276. The van der Waals surface area contributed by atoms with Crippen LogP contribution in [0.4, 0.5) is 0 Å². The molecule has 4 heteroatoms. The predicted octanol–water partition coefficient (Wildman–Crippen LogP) is 3.63. The number of para-hydroxylation sites is 1. The van der Waals surface area contributed by atoms with E-state index in [0.29, 0.717) is 11.3 Å². The molecule has 0 bridgehead atoms. The highest BCUT2D eigenvalue weighted by Crippen LogP contribution is 2.17. The van der Waals surface area contributed by atoms with E-state index >= 15 is 0 Å². The standard InChI is InChI=1S/C18H20N2O2/c1-3-9-16(14-10-5-4-6-11-14)19-20-18(21)15-12-7-8-13-17(15)22-2/h4-8,10-13H,3,9H2,1-2H3,(H,20,21). The Kier molecular flexibility index (Phi) is 5.72. The third-order valence-corrected chi connectivity index (χ3v) is 3.24. The number of benzene rings is 2. The number of hydrogen-bond acceptors (Lipinski definition) is 3. The third-order valence-electron chi connectivity index (χ3n) is 3.24. The second kappa shape index (κ2) is 7.98. The quantitative estimate of drug-likeness (QED) is 0.653. The molecule has 1 amide bonds. The number of carbonyl (C=O) groups excluding carboxylic acids is 1. The van der Waals surface area contributed by atoms with Gasteiger partial charge in [-0.3, -0.25) is 4.79 Å². The van der Waals surface area contributed by atoms with Crippen molar-refractivity contribution in [2.75, 3.05) is 7.11 Å². The van der Waals surface area contributed by atoms with Gasteiger partial charge in [0.2, 0.25) is 0 Å². The molecule has 0 saturated carbocycles. The van der Waals surface area contributed by atoms with E-state index < -0.39 is 0 Å². The monoisotopic (exact) mass is 296 g/mol. The summed E-state index contributed by atoms with van der Waals surface area (Å²) in [7, 11) is 1.54. The topological polar surface area (TPSA) is 50.7 Å². The molecule has 0 spiro atoms. The van der Waals surface area contributed by atoms with Gasteiger partial charge in [0.25, 0.3) is 5.91 Å². The zero-order valence-corrected chi connectivity index (χ0v) is 12.9. The van der Waals surface area contributed by atoms with Crippen LogP contribution in [-0.2, 0) is 0 Å². The molecule has 0 aliphatic rings. The highest BCUT2D eigenvalue weighted by Gasteiger charge is 2.11. The van der Waals surface area contributed by atoms with Gasteiger partial charge in [0, 0.05) is 0 Å². The van der Waals surface area contributed by atoms with E-state index in [9.17, 15) is 4.79 Å². The van der Waals surface area contributed by atoms with Gasteiger partial charge < -0.3 is 4.74 Å². The van der Waals surface area contributed by atoms with Crippen LogP contribution in [0.2, 0.25) is 0 Å². The van der Waals surface area contributed by atoms with E-state index in [1.54, 1.807) is 25.3 Å². The molecule has 2 rings (SSSR count). The molecule has 22 heavy (non-hydrogen) atoms. The average Bonchev–Trinajstić information content (AvgIpc) is 2.59. The third kappa shape index (κ3) is 3.95. The Morgan fingerprint density at radius 1 is 1.09 bits per heavy atom. The number of carbonyl (C=O) groups is 1. The van der Waals surface area contributed by atoms with Crippen LogP contribution >= 0.6 is 0 Å². The fraction of sp³-hybridized carbons (Fsp3) is 0.222. The van der Waals surface area contributed by atoms with E-state index in [4.69, 9.17) is 4.74 Å². The Bertz CT molecular complexity index is 651. The molecule has 0 heterocycles. The minimum Gasteiger partial charge on any atom is -0.496 e. The molecule has 2 aromatic carbocycles. The molecule has 1 N–H and O–H groups in total. The molecule has 0 unspecified atom stereocenters. The summed E-state index contributed by atoms with van der Waals surface area (Å²) in [5, 5.41) is 4.30. The fourth-order valence-electron chi connectivity index (χ4n) is 2.14. The van der Waals surface area contributed by atoms with Crippen molar-refractivity contribution in [1.82, 2.24) is 5.43 Å². The lowest BCUT2D eigenvalue weighted by atomic mass is 10.1. The SMILES string of the molecule is CCCC(=NNC(=O)c1ccccc1OC)c1ccccc1. The maximum absolute atomic E-state index is 12.3. The molecule has 0 atom stereocenters. The van der Waals surface area contributed by atoms with Crippen LogP contribution in [0.3, 0.4) is 0 Å². The number of amides is 1. The number of rotatable bonds is 6. The fourth-order valence-corrected chi connectivity index (χ4v) is 2.14. The van der Waals surface area contributed by atoms with E-state index in [0.717, 1.165) is 24.1 Å². The summed E-state index contributed by atoms with van der Waals surface area (Å²) in [5.74, 6) is 0.258. The van der Waals surface area contributed by atoms with Crippen LogP contribution in [-0.4, -0.2) is 18.7 Å². The maximum atomic E-state index is 12.3. The lowest BCUT2D eigenvalue weighted by Crippen LogP contribution is -2.20. The van der Waals surface area contributed by atoms with Crippen LogP contribution in [0.15, 0.2) is 59.7 Å². The van der Waals surface area contributed by atoms with E-state index in [1.165, 1.54) is 0 Å². The molecule has 0 aliphatic heterocycles. The molecule has 4 nitrogen and oxygen atoms in total. The van der Waals surface area contributed by atoms with Crippen molar-refractivity contribution in [3.05, 3.63) is 65.7 Å². The van der Waals surface area contributed by atoms with Crippen molar-refractivity contribution >= 4 is 11.6 Å². The van der Waals surface area contributed by atoms with Crippen molar-refractivity contribution in [3.63, 3.8) is 0 Å². The summed E-state index contributed by atoms with van der Waals surface area (Å²) >= 11 is 0. The van der Waals surface area contributed by atoms with Gasteiger partial charge in [-0.25, -0.2) is 5.43 Å². The molecule has 0 saturated heterocycles. The molecule has 0 aliphatic carbocycles. The summed E-state index contributed by atoms with van der Waals surface area (Å²) in [4.78, 5) is 12.3. The number of hydrazone groups is 1. The maximum Gasteiger partial charge on any atom is 0.275 e. The lowest BCUT2D eigenvalue weighted by molar-refractivity contribution is 0.0951. The Morgan fingerprint density at radius 3 is 2.45 bits per heavy atom. The zero-order chi connectivity index (χ0) is 15.8. The van der Waals surface area contributed by atoms with Crippen molar-refractivity contribution in [3.8, 4) is 5.75 Å². The van der Waals surface area contributed by atoms with E-state index in [1.807, 2.05) is 36.4 Å². The van der Waals surface area contributed by atoms with Gasteiger partial charge in [0.15, 0.2) is 0 Å². The van der Waals surface area contributed by atoms with Crippen molar-refractivity contribution in [1.29, 1.82) is 0 Å². The Labute approximate surface area is 130 Å². The second-order valence-electron chi connectivity index (χ2n) is 4.82. The van der Waals surface area contributed by atoms with Crippen molar-refractivity contribution < 1.29 is 9.53 Å². The molecule has 2 aromatic rings. The smallest absolute Gasteiger partial charge is 0.275 e. The molecule has 114 valence electrons. The van der Waals surface area contributed by atoms with Crippen LogP contribution in [0.25, 0.3) is 0 Å². The average molecular weight is 296 g/mol. The number of ether oxygens (including phenoxy) is 1. The summed E-state index contributed by atoms with van der Waals surface area (Å²) in [6.45, 7) is 2.08. The van der Waals surface area contributed by atoms with Crippen LogP contribution < -0.4 is 10.2 Å². The Morgan fingerprint density at radius 2 is 1.77 bits per heavy atom. The van der Waals surface area contributed by atoms with Crippen molar-refractivity contribution in [2.45, 2.75) is 19.8 Å². The van der Waals surface area contributed by atoms with Crippen LogP contribution in [0.1, 0.15) is 35.7 Å². The molecule has 0 aromatic heterocycles. The zero-order valence-electron chi connectivity index (χ0n) is 12.9.